The molecule has 134 valence electrons. The fourth-order valence-corrected chi connectivity index (χ4v) is 2.37. The molecule has 0 bridgehead atoms. The maximum Gasteiger partial charge on any atom is 0.461 e. The molecule has 0 aromatic carbocycles. The number of rotatable bonds is 11. The molecule has 1 fully saturated rings. The number of ether oxygens (including phenoxy) is 3. The quantitative estimate of drug-likeness (QED) is 0.250. The number of unbranched alkanes of at least 4 members (excludes halogenated alkanes) is 2. The van der Waals surface area contributed by atoms with E-state index in [2.05, 4.69) is 27.7 Å². The Bertz CT molecular complexity index is 337. The van der Waals surface area contributed by atoms with Crippen LogP contribution in [0.3, 0.4) is 0 Å². The molecule has 6 heteroatoms. The van der Waals surface area contributed by atoms with E-state index in [4.69, 9.17) is 23.5 Å². The number of allylic oxidation sites excluding steroid dienone is 1. The van der Waals surface area contributed by atoms with Crippen molar-refractivity contribution >= 4 is 7.12 Å². The molecule has 0 amide bonds. The average molecular weight is 328 g/mol. The summed E-state index contributed by atoms with van der Waals surface area (Å²) in [5, 5.41) is 0. The van der Waals surface area contributed by atoms with Crippen LogP contribution in [0.2, 0.25) is 6.32 Å². The molecule has 1 aliphatic rings. The van der Waals surface area contributed by atoms with E-state index in [-0.39, 0.29) is 24.6 Å². The van der Waals surface area contributed by atoms with Gasteiger partial charge in [0.15, 0.2) is 6.29 Å². The Morgan fingerprint density at radius 2 is 1.57 bits per heavy atom. The first-order chi connectivity index (χ1) is 10.8. The van der Waals surface area contributed by atoms with Crippen LogP contribution in [0, 0.1) is 0 Å². The van der Waals surface area contributed by atoms with Gasteiger partial charge in [0.25, 0.3) is 0 Å². The van der Waals surface area contributed by atoms with Crippen molar-refractivity contribution in [3.63, 3.8) is 0 Å². The number of hydrogen-bond donors (Lipinski definition) is 0. The van der Waals surface area contributed by atoms with Gasteiger partial charge in [0.1, 0.15) is 0 Å². The van der Waals surface area contributed by atoms with Gasteiger partial charge in [-0.1, -0.05) is 6.08 Å². The van der Waals surface area contributed by atoms with Crippen molar-refractivity contribution in [2.45, 2.75) is 77.2 Å². The molecule has 0 N–H and O–H groups in total. The van der Waals surface area contributed by atoms with E-state index < -0.39 is 0 Å². The summed E-state index contributed by atoms with van der Waals surface area (Å²) in [7, 11) is 3.14. The van der Waals surface area contributed by atoms with Crippen molar-refractivity contribution in [2.75, 3.05) is 20.8 Å². The summed E-state index contributed by atoms with van der Waals surface area (Å²) in [6.07, 6.45) is 8.46. The van der Waals surface area contributed by atoms with Crippen LogP contribution in [0.1, 0.15) is 53.4 Å². The highest BCUT2D eigenvalue weighted by atomic mass is 16.7. The predicted molar refractivity (Wildman–Crippen MR) is 92.3 cm³/mol. The fourth-order valence-electron chi connectivity index (χ4n) is 2.37. The van der Waals surface area contributed by atoms with E-state index in [1.165, 1.54) is 0 Å². The van der Waals surface area contributed by atoms with Gasteiger partial charge in [-0.2, -0.15) is 0 Å². The van der Waals surface area contributed by atoms with Gasteiger partial charge in [-0.3, -0.25) is 0 Å². The van der Waals surface area contributed by atoms with Crippen LogP contribution in [0.15, 0.2) is 12.3 Å². The number of hydrogen-bond acceptors (Lipinski definition) is 5. The minimum atomic E-state index is -0.269. The lowest BCUT2D eigenvalue weighted by atomic mass is 9.85. The molecule has 0 aliphatic carbocycles. The zero-order valence-electron chi connectivity index (χ0n) is 15.6. The Balaban J connectivity index is 2.04. The maximum absolute atomic E-state index is 5.91. The molecule has 1 saturated heterocycles. The average Bonchev–Trinajstić information content (AvgIpc) is 2.69. The highest BCUT2D eigenvalue weighted by Crippen LogP contribution is 2.37. The number of methoxy groups -OCH3 is 2. The van der Waals surface area contributed by atoms with Crippen LogP contribution in [0.25, 0.3) is 0 Å². The van der Waals surface area contributed by atoms with Gasteiger partial charge in [0.05, 0.1) is 24.1 Å². The van der Waals surface area contributed by atoms with Crippen molar-refractivity contribution in [1.29, 1.82) is 0 Å². The van der Waals surface area contributed by atoms with Gasteiger partial charge in [0.2, 0.25) is 0 Å². The van der Waals surface area contributed by atoms with Gasteiger partial charge in [-0.05, 0) is 53.4 Å². The van der Waals surface area contributed by atoms with Crippen LogP contribution in [-0.4, -0.2) is 45.4 Å². The van der Waals surface area contributed by atoms with Crippen molar-refractivity contribution in [2.24, 2.45) is 0 Å². The molecule has 0 unspecified atom stereocenters. The Morgan fingerprint density at radius 3 is 2.13 bits per heavy atom. The zero-order chi connectivity index (χ0) is 17.3. The monoisotopic (exact) mass is 328 g/mol. The van der Waals surface area contributed by atoms with E-state index in [0.29, 0.717) is 6.32 Å². The van der Waals surface area contributed by atoms with Crippen molar-refractivity contribution in [3.8, 4) is 0 Å². The Labute approximate surface area is 141 Å². The lowest BCUT2D eigenvalue weighted by Gasteiger charge is -2.32. The molecule has 0 saturated carbocycles. The van der Waals surface area contributed by atoms with Crippen LogP contribution in [0.5, 0.6) is 0 Å². The molecule has 1 rings (SSSR count). The predicted octanol–water partition coefficient (Wildman–Crippen LogP) is 3.79. The first-order valence-corrected chi connectivity index (χ1v) is 8.50. The normalized spacial score (nSPS) is 19.9. The van der Waals surface area contributed by atoms with E-state index in [1.807, 2.05) is 6.08 Å². The molecule has 1 aliphatic heterocycles. The van der Waals surface area contributed by atoms with E-state index >= 15 is 0 Å². The third-order valence-electron chi connectivity index (χ3n) is 4.55. The Hall–Kier alpha value is -0.555. The Morgan fingerprint density at radius 1 is 0.957 bits per heavy atom. The molecule has 0 aromatic rings. The smallest absolute Gasteiger partial charge is 0.461 e. The summed E-state index contributed by atoms with van der Waals surface area (Å²) in [5.41, 5.74) is -0.538. The van der Waals surface area contributed by atoms with Gasteiger partial charge in [-0.15, -0.1) is 0 Å². The second kappa shape index (κ2) is 9.67. The minimum absolute atomic E-state index is 0.0873. The van der Waals surface area contributed by atoms with E-state index in [9.17, 15) is 0 Å². The Kier molecular flexibility index (Phi) is 8.62. The molecule has 23 heavy (non-hydrogen) atoms. The third-order valence-corrected chi connectivity index (χ3v) is 4.55. The topological polar surface area (TPSA) is 46.2 Å². The first kappa shape index (κ1) is 20.5. The van der Waals surface area contributed by atoms with Crippen LogP contribution >= 0.6 is 0 Å². The molecule has 0 atom stereocenters. The lowest BCUT2D eigenvalue weighted by molar-refractivity contribution is -0.107. The maximum atomic E-state index is 5.91. The molecule has 5 nitrogen and oxygen atoms in total. The van der Waals surface area contributed by atoms with Gasteiger partial charge < -0.3 is 23.5 Å². The van der Waals surface area contributed by atoms with Crippen molar-refractivity contribution in [1.82, 2.24) is 0 Å². The van der Waals surface area contributed by atoms with Crippen molar-refractivity contribution < 1.29 is 23.5 Å². The second-order valence-electron chi connectivity index (χ2n) is 6.91. The summed E-state index contributed by atoms with van der Waals surface area (Å²) in [6.45, 7) is 8.97. The lowest BCUT2D eigenvalue weighted by Crippen LogP contribution is -2.41. The summed E-state index contributed by atoms with van der Waals surface area (Å²) in [4.78, 5) is 0. The highest BCUT2D eigenvalue weighted by molar-refractivity contribution is 6.46. The van der Waals surface area contributed by atoms with Crippen molar-refractivity contribution in [3.05, 3.63) is 12.3 Å². The van der Waals surface area contributed by atoms with Gasteiger partial charge >= 0.3 is 7.12 Å². The largest absolute Gasteiger partial charge is 0.502 e. The summed E-state index contributed by atoms with van der Waals surface area (Å²) >= 11 is 0. The van der Waals surface area contributed by atoms with Gasteiger partial charge in [-0.25, -0.2) is 0 Å². The molecule has 0 aromatic heterocycles. The highest BCUT2D eigenvalue weighted by Gasteiger charge is 2.50. The van der Waals surface area contributed by atoms with Crippen LogP contribution in [0.4, 0.5) is 0 Å². The molecule has 1 heterocycles. The summed E-state index contributed by atoms with van der Waals surface area (Å²) < 4.78 is 27.6. The summed E-state index contributed by atoms with van der Waals surface area (Å²) in [6, 6.07) is 0. The second-order valence-corrected chi connectivity index (χ2v) is 6.91. The molecular weight excluding hydrogens is 295 g/mol. The van der Waals surface area contributed by atoms with E-state index in [0.717, 1.165) is 32.3 Å². The molecule has 0 spiro atoms. The fraction of sp³-hybridized carbons (Fsp3) is 0.882. The first-order valence-electron chi connectivity index (χ1n) is 8.50. The van der Waals surface area contributed by atoms with Gasteiger partial charge in [0, 0.05) is 20.5 Å². The summed E-state index contributed by atoms with van der Waals surface area (Å²) in [5.74, 6) is 0. The molecular formula is C17H33BO5. The molecule has 0 radical (unpaired) electrons. The van der Waals surface area contributed by atoms with Crippen LogP contribution < -0.4 is 0 Å². The van der Waals surface area contributed by atoms with Crippen LogP contribution in [-0.2, 0) is 23.5 Å². The standard InChI is InChI=1S/C17H33BO5/c1-16(2)17(3,4)23-18(22-16)12-10-14-21-13-9-7-8-11-15(19-5)20-6/h10,14-15H,7-9,11-13H2,1-6H3/b14-10+. The minimum Gasteiger partial charge on any atom is -0.502 e. The zero-order valence-corrected chi connectivity index (χ0v) is 15.6. The SMILES string of the molecule is COC(CCCCCO/C=C/CB1OC(C)(C)C(C)(C)O1)OC. The van der Waals surface area contributed by atoms with E-state index in [1.54, 1.807) is 20.5 Å². The third kappa shape index (κ3) is 6.83.